The third kappa shape index (κ3) is 10.7. The Morgan fingerprint density at radius 2 is 1.06 bits per heavy atom. The third-order valence-corrected chi connectivity index (χ3v) is 5.38. The second kappa shape index (κ2) is 18.2. The van der Waals surface area contributed by atoms with Gasteiger partial charge in [-0.25, -0.2) is 0 Å². The van der Waals surface area contributed by atoms with Gasteiger partial charge in [0.2, 0.25) is 0 Å². The van der Waals surface area contributed by atoms with E-state index in [1.54, 1.807) is 24.3 Å². The van der Waals surface area contributed by atoms with Gasteiger partial charge in [0.25, 0.3) is 5.91 Å². The molecular weight excluding hydrogens is 565 g/mol. The third-order valence-electron chi connectivity index (χ3n) is 4.66. The number of carboxylic acids is 4. The van der Waals surface area contributed by atoms with Gasteiger partial charge in [0.05, 0.1) is 23.9 Å². The van der Waals surface area contributed by atoms with Crippen LogP contribution in [0.15, 0.2) is 48.5 Å². The molecule has 36 heavy (non-hydrogen) atoms. The SMILES string of the molecule is O=C(NCc1ccc(C(C(C(=O)[O-])C(=O)[O-])C(C(=O)[O-])C(=O)[O-])cc1)c1ccc(I)cc1.[Li+].[Li+].[Li+].[Li+]. The Morgan fingerprint density at radius 3 is 1.42 bits per heavy atom. The zero-order valence-corrected chi connectivity index (χ0v) is 22.3. The molecule has 0 aliphatic rings. The Bertz CT molecular complexity index is 992. The van der Waals surface area contributed by atoms with Crippen molar-refractivity contribution in [3.8, 4) is 0 Å². The number of amides is 1. The fourth-order valence-corrected chi connectivity index (χ4v) is 3.46. The Balaban J connectivity index is -0.00000272. The number of hydrogen-bond donors (Lipinski definition) is 1. The summed E-state index contributed by atoms with van der Waals surface area (Å²) < 4.78 is 0.946. The van der Waals surface area contributed by atoms with E-state index in [1.807, 2.05) is 0 Å². The van der Waals surface area contributed by atoms with Crippen LogP contribution < -0.4 is 101 Å². The van der Waals surface area contributed by atoms with Crippen molar-refractivity contribution in [3.63, 3.8) is 0 Å². The van der Waals surface area contributed by atoms with Crippen molar-refractivity contribution in [2.75, 3.05) is 0 Å². The number of carbonyl (C=O) groups excluding carboxylic acids is 5. The van der Waals surface area contributed by atoms with Gasteiger partial charge in [-0.3, -0.25) is 4.79 Å². The van der Waals surface area contributed by atoms with Crippen LogP contribution in [0.1, 0.15) is 27.4 Å². The minimum absolute atomic E-state index is 0. The van der Waals surface area contributed by atoms with Gasteiger partial charge in [-0.2, -0.15) is 0 Å². The van der Waals surface area contributed by atoms with Gasteiger partial charge >= 0.3 is 75.4 Å². The number of carboxylic acid groups (broad SMARTS) is 4. The zero-order valence-electron chi connectivity index (χ0n) is 20.1. The normalized spacial score (nSPS) is 9.67. The van der Waals surface area contributed by atoms with Crippen LogP contribution in [0.4, 0.5) is 0 Å². The van der Waals surface area contributed by atoms with Crippen LogP contribution in [0.3, 0.4) is 0 Å². The number of nitrogens with one attached hydrogen (secondary N) is 1. The second-order valence-electron chi connectivity index (χ2n) is 6.69. The number of hydrogen-bond acceptors (Lipinski definition) is 9. The summed E-state index contributed by atoms with van der Waals surface area (Å²) in [5.41, 5.74) is 0.663. The first-order valence-corrected chi connectivity index (χ1v) is 10.1. The molecule has 10 nitrogen and oxygen atoms in total. The zero-order chi connectivity index (χ0) is 24.0. The van der Waals surface area contributed by atoms with Gasteiger partial charge in [0.1, 0.15) is 0 Å². The summed E-state index contributed by atoms with van der Waals surface area (Å²) in [5, 5.41) is 47.8. The van der Waals surface area contributed by atoms with Gasteiger partial charge in [-0.05, 0) is 58.0 Å². The van der Waals surface area contributed by atoms with Crippen molar-refractivity contribution in [2.24, 2.45) is 11.8 Å². The molecule has 0 radical (unpaired) electrons. The molecule has 0 bridgehead atoms. The molecule has 0 aliphatic carbocycles. The Morgan fingerprint density at radius 1 is 0.667 bits per heavy atom. The number of aliphatic carboxylic acids is 4. The first-order chi connectivity index (χ1) is 15.0. The largest absolute Gasteiger partial charge is 1.00 e. The summed E-state index contributed by atoms with van der Waals surface area (Å²) in [6.07, 6.45) is 0. The molecular formula is C21H14ILi4NO9. The number of halogens is 1. The maximum Gasteiger partial charge on any atom is 1.00 e. The molecule has 168 valence electrons. The summed E-state index contributed by atoms with van der Waals surface area (Å²) >= 11 is 2.09. The van der Waals surface area contributed by atoms with E-state index < -0.39 is 41.6 Å². The standard InChI is InChI=1S/C21H18INO9.4Li/c22-13-7-5-12(6-8-13)17(24)23-9-10-1-3-11(4-2-10)14(15(18(25)26)19(27)28)16(20(29)30)21(31)32;;;;/h1-8,14-16H,9H2,(H,23,24)(H,25,26)(H,27,28)(H,29,30)(H,31,32);;;;/q;4*+1/p-4. The van der Waals surface area contributed by atoms with E-state index in [2.05, 4.69) is 27.9 Å². The van der Waals surface area contributed by atoms with Gasteiger partial charge in [-0.1, -0.05) is 24.3 Å². The molecule has 0 saturated heterocycles. The average Bonchev–Trinajstić information content (AvgIpc) is 2.71. The summed E-state index contributed by atoms with van der Waals surface area (Å²) in [4.78, 5) is 57.4. The molecule has 0 heterocycles. The fourth-order valence-electron chi connectivity index (χ4n) is 3.10. The van der Waals surface area contributed by atoms with E-state index >= 15 is 0 Å². The molecule has 1 N–H and O–H groups in total. The predicted octanol–water partition coefficient (Wildman–Crippen LogP) is -15.4. The quantitative estimate of drug-likeness (QED) is 0.162. The van der Waals surface area contributed by atoms with Gasteiger partial charge in [-0.15, -0.1) is 0 Å². The molecule has 0 aliphatic heterocycles. The molecule has 2 aromatic carbocycles. The van der Waals surface area contributed by atoms with Crippen molar-refractivity contribution < 1.29 is 120 Å². The molecule has 0 unspecified atom stereocenters. The van der Waals surface area contributed by atoms with Crippen LogP contribution >= 0.6 is 22.6 Å². The van der Waals surface area contributed by atoms with E-state index in [0.717, 1.165) is 15.7 Å². The van der Waals surface area contributed by atoms with Crippen LogP contribution in [0.25, 0.3) is 0 Å². The van der Waals surface area contributed by atoms with Gasteiger partial charge < -0.3 is 44.9 Å². The summed E-state index contributed by atoms with van der Waals surface area (Å²) in [7, 11) is 0. The Hall–Kier alpha value is -1.09. The van der Waals surface area contributed by atoms with Crippen molar-refractivity contribution >= 4 is 52.4 Å². The molecule has 0 fully saturated rings. The van der Waals surface area contributed by atoms with Crippen LogP contribution in [0.2, 0.25) is 0 Å². The topological polar surface area (TPSA) is 190 Å². The molecule has 0 aromatic heterocycles. The molecule has 2 aromatic rings. The Labute approximate surface area is 268 Å². The van der Waals surface area contributed by atoms with Crippen LogP contribution in [-0.2, 0) is 25.7 Å². The molecule has 0 spiro atoms. The average molecular weight is 579 g/mol. The van der Waals surface area contributed by atoms with Crippen LogP contribution in [0, 0.1) is 15.4 Å². The molecule has 15 heteroatoms. The first kappa shape index (κ1) is 39.4. The van der Waals surface area contributed by atoms with E-state index in [-0.39, 0.29) is 93.5 Å². The van der Waals surface area contributed by atoms with E-state index in [1.165, 1.54) is 12.1 Å². The van der Waals surface area contributed by atoms with Crippen molar-refractivity contribution in [3.05, 3.63) is 68.8 Å². The smallest absolute Gasteiger partial charge is 0.549 e. The van der Waals surface area contributed by atoms with Gasteiger partial charge in [0.15, 0.2) is 0 Å². The minimum Gasteiger partial charge on any atom is -0.549 e. The number of rotatable bonds is 10. The van der Waals surface area contributed by atoms with E-state index in [4.69, 9.17) is 0 Å². The maximum atomic E-state index is 12.2. The minimum atomic E-state index is -2.60. The molecule has 2 rings (SSSR count). The van der Waals surface area contributed by atoms with Crippen molar-refractivity contribution in [1.82, 2.24) is 5.32 Å². The fraction of sp³-hybridized carbons (Fsp3) is 0.190. The number of benzene rings is 2. The van der Waals surface area contributed by atoms with E-state index in [9.17, 15) is 44.4 Å². The van der Waals surface area contributed by atoms with E-state index in [0.29, 0.717) is 11.1 Å². The molecule has 0 saturated carbocycles. The van der Waals surface area contributed by atoms with Gasteiger partial charge in [0, 0.05) is 33.4 Å². The number of carbonyl (C=O) groups is 5. The van der Waals surface area contributed by atoms with Crippen molar-refractivity contribution in [1.29, 1.82) is 0 Å². The monoisotopic (exact) mass is 579 g/mol. The maximum absolute atomic E-state index is 12.2. The molecule has 0 atom stereocenters. The summed E-state index contributed by atoms with van der Waals surface area (Å²) in [5.74, 6) is -16.6. The summed E-state index contributed by atoms with van der Waals surface area (Å²) in [6.45, 7) is 0.0323. The first-order valence-electron chi connectivity index (χ1n) is 8.99. The van der Waals surface area contributed by atoms with Crippen molar-refractivity contribution in [2.45, 2.75) is 12.5 Å². The predicted molar refractivity (Wildman–Crippen MR) is 107 cm³/mol. The van der Waals surface area contributed by atoms with Crippen LogP contribution in [0.5, 0.6) is 0 Å². The Kier molecular flexibility index (Phi) is 19.9. The second-order valence-corrected chi connectivity index (χ2v) is 7.93. The summed E-state index contributed by atoms with van der Waals surface area (Å²) in [6, 6.07) is 11.7. The van der Waals surface area contributed by atoms with Crippen LogP contribution in [-0.4, -0.2) is 29.8 Å². The molecule has 1 amide bonds.